The van der Waals surface area contributed by atoms with E-state index >= 15 is 0 Å². The lowest BCUT2D eigenvalue weighted by Crippen LogP contribution is -2.30. The van der Waals surface area contributed by atoms with E-state index in [9.17, 15) is 4.79 Å². The van der Waals surface area contributed by atoms with Gasteiger partial charge in [-0.2, -0.15) is 4.98 Å². The number of aromatic nitrogens is 3. The van der Waals surface area contributed by atoms with Crippen molar-refractivity contribution >= 4 is 23.3 Å². The Morgan fingerprint density at radius 3 is 2.96 bits per heavy atom. The Labute approximate surface area is 138 Å². The van der Waals surface area contributed by atoms with Crippen LogP contribution in [-0.2, 0) is 4.79 Å². The van der Waals surface area contributed by atoms with E-state index in [1.54, 1.807) is 24.3 Å². The first-order valence-electron chi connectivity index (χ1n) is 7.09. The van der Waals surface area contributed by atoms with E-state index < -0.39 is 0 Å². The van der Waals surface area contributed by atoms with Gasteiger partial charge in [0.25, 0.3) is 0 Å². The van der Waals surface area contributed by atoms with Gasteiger partial charge in [-0.3, -0.25) is 9.78 Å². The highest BCUT2D eigenvalue weighted by atomic mass is 35.5. The third-order valence-corrected chi connectivity index (χ3v) is 4.12. The Balaban J connectivity index is 1.90. The summed E-state index contributed by atoms with van der Waals surface area (Å²) in [6, 6.07) is 3.70. The van der Waals surface area contributed by atoms with Gasteiger partial charge in [-0.1, -0.05) is 17.7 Å². The maximum atomic E-state index is 12.1. The third-order valence-electron chi connectivity index (χ3n) is 3.84. The van der Waals surface area contributed by atoms with Crippen molar-refractivity contribution in [2.45, 2.75) is 18.5 Å². The Morgan fingerprint density at radius 2 is 2.26 bits per heavy atom. The molecule has 1 fully saturated rings. The number of anilines is 1. The summed E-state index contributed by atoms with van der Waals surface area (Å²) in [6.45, 7) is 0. The number of nitrogens with one attached hydrogen (secondary N) is 1. The second-order valence-electron chi connectivity index (χ2n) is 5.24. The molecule has 1 N–H and O–H groups in total. The molecule has 1 aliphatic heterocycles. The zero-order chi connectivity index (χ0) is 16.4. The van der Waals surface area contributed by atoms with Gasteiger partial charge in [0, 0.05) is 25.9 Å². The highest BCUT2D eigenvalue weighted by Crippen LogP contribution is 2.34. The zero-order valence-electron chi connectivity index (χ0n) is 12.7. The third kappa shape index (κ3) is 3.05. The summed E-state index contributed by atoms with van der Waals surface area (Å²) in [6.07, 6.45) is 5.28. The van der Waals surface area contributed by atoms with Gasteiger partial charge in [0.05, 0.1) is 25.4 Å². The van der Waals surface area contributed by atoms with Crippen LogP contribution in [0.4, 0.5) is 5.82 Å². The SMILES string of the molecule is COc1ncc(Cl)c(N[C@@H]2CC(=O)N(C)[C@H]2c2cccnc2)n1. The molecule has 0 radical (unpaired) electrons. The first kappa shape index (κ1) is 15.5. The van der Waals surface area contributed by atoms with Crippen LogP contribution in [0.1, 0.15) is 18.0 Å². The lowest BCUT2D eigenvalue weighted by molar-refractivity contribution is -0.127. The minimum Gasteiger partial charge on any atom is -0.467 e. The van der Waals surface area contributed by atoms with E-state index in [-0.39, 0.29) is 24.0 Å². The predicted octanol–water partition coefficient (Wildman–Crippen LogP) is 1.92. The van der Waals surface area contributed by atoms with Crippen molar-refractivity contribution < 1.29 is 9.53 Å². The second-order valence-corrected chi connectivity index (χ2v) is 5.65. The largest absolute Gasteiger partial charge is 0.467 e. The molecule has 2 aromatic heterocycles. The van der Waals surface area contributed by atoms with Crippen molar-refractivity contribution in [3.63, 3.8) is 0 Å². The molecule has 0 spiro atoms. The second kappa shape index (κ2) is 6.37. The van der Waals surface area contributed by atoms with Gasteiger partial charge in [-0.25, -0.2) is 4.98 Å². The topological polar surface area (TPSA) is 80.2 Å². The Hall–Kier alpha value is -2.41. The van der Waals surface area contributed by atoms with Crippen LogP contribution in [0.2, 0.25) is 5.02 Å². The molecule has 1 saturated heterocycles. The molecule has 0 saturated carbocycles. The summed E-state index contributed by atoms with van der Waals surface area (Å²) in [7, 11) is 3.27. The molecule has 0 aromatic carbocycles. The van der Waals surface area contributed by atoms with E-state index in [0.29, 0.717) is 17.3 Å². The molecule has 23 heavy (non-hydrogen) atoms. The smallest absolute Gasteiger partial charge is 0.318 e. The van der Waals surface area contributed by atoms with E-state index in [4.69, 9.17) is 16.3 Å². The van der Waals surface area contributed by atoms with Gasteiger partial charge >= 0.3 is 6.01 Å². The maximum absolute atomic E-state index is 12.1. The number of likely N-dealkylation sites (tertiary alicyclic amines) is 1. The number of pyridine rings is 1. The Bertz CT molecular complexity index is 712. The van der Waals surface area contributed by atoms with Crippen LogP contribution < -0.4 is 10.1 Å². The van der Waals surface area contributed by atoms with Crippen LogP contribution in [0.15, 0.2) is 30.7 Å². The molecular weight excluding hydrogens is 318 g/mol. The molecule has 1 aliphatic rings. The number of carbonyl (C=O) groups excluding carboxylic acids is 1. The number of halogens is 1. The van der Waals surface area contributed by atoms with Crippen LogP contribution in [0.5, 0.6) is 6.01 Å². The number of hydrogen-bond acceptors (Lipinski definition) is 6. The number of hydrogen-bond donors (Lipinski definition) is 1. The fourth-order valence-electron chi connectivity index (χ4n) is 2.73. The van der Waals surface area contributed by atoms with Crippen LogP contribution in [0.25, 0.3) is 0 Å². The van der Waals surface area contributed by atoms with Crippen LogP contribution in [0, 0.1) is 0 Å². The molecule has 7 nitrogen and oxygen atoms in total. The van der Waals surface area contributed by atoms with Gasteiger partial charge in [-0.15, -0.1) is 0 Å². The summed E-state index contributed by atoms with van der Waals surface area (Å²) in [5, 5.41) is 3.61. The van der Waals surface area contributed by atoms with Gasteiger partial charge < -0.3 is 15.0 Å². The lowest BCUT2D eigenvalue weighted by atomic mass is 10.0. The summed E-state index contributed by atoms with van der Waals surface area (Å²) in [4.78, 5) is 26.1. The first-order valence-corrected chi connectivity index (χ1v) is 7.46. The van der Waals surface area contributed by atoms with E-state index in [2.05, 4.69) is 20.3 Å². The Kier molecular flexibility index (Phi) is 4.29. The highest BCUT2D eigenvalue weighted by molar-refractivity contribution is 6.32. The molecule has 3 rings (SSSR count). The van der Waals surface area contributed by atoms with Gasteiger partial charge in [0.2, 0.25) is 5.91 Å². The standard InChI is InChI=1S/C15H16ClN5O2/c1-21-12(22)6-11(13(21)9-4-3-5-17-7-9)19-14-10(16)8-18-15(20-14)23-2/h3-5,7-8,11,13H,6H2,1-2H3,(H,18,19,20)/t11-,13+/m1/s1. The molecular formula is C15H16ClN5O2. The molecule has 0 aliphatic carbocycles. The number of amides is 1. The number of nitrogens with zero attached hydrogens (tertiary/aromatic N) is 4. The summed E-state index contributed by atoms with van der Waals surface area (Å²) in [5.74, 6) is 0.494. The van der Waals surface area contributed by atoms with Crippen LogP contribution >= 0.6 is 11.6 Å². The number of ether oxygens (including phenoxy) is 1. The first-order chi connectivity index (χ1) is 11.1. The molecule has 8 heteroatoms. The molecule has 2 aromatic rings. The van der Waals surface area contributed by atoms with Crippen LogP contribution in [0.3, 0.4) is 0 Å². The van der Waals surface area contributed by atoms with E-state index in [1.807, 2.05) is 12.1 Å². The summed E-state index contributed by atoms with van der Waals surface area (Å²) in [5.41, 5.74) is 0.954. The number of rotatable bonds is 4. The predicted molar refractivity (Wildman–Crippen MR) is 85.4 cm³/mol. The van der Waals surface area contributed by atoms with Crippen molar-refractivity contribution in [1.29, 1.82) is 0 Å². The Morgan fingerprint density at radius 1 is 1.43 bits per heavy atom. The molecule has 0 unspecified atom stereocenters. The van der Waals surface area contributed by atoms with Gasteiger partial charge in [0.15, 0.2) is 5.82 Å². The molecule has 3 heterocycles. The maximum Gasteiger partial charge on any atom is 0.318 e. The van der Waals surface area contributed by atoms with Crippen molar-refractivity contribution in [1.82, 2.24) is 19.9 Å². The average molecular weight is 334 g/mol. The number of methoxy groups -OCH3 is 1. The van der Waals surface area contributed by atoms with Crippen molar-refractivity contribution in [3.8, 4) is 6.01 Å². The van der Waals surface area contributed by atoms with Crippen molar-refractivity contribution in [2.24, 2.45) is 0 Å². The molecule has 120 valence electrons. The minimum absolute atomic E-state index is 0.0495. The minimum atomic E-state index is -0.172. The zero-order valence-corrected chi connectivity index (χ0v) is 13.5. The number of carbonyl (C=O) groups is 1. The highest BCUT2D eigenvalue weighted by Gasteiger charge is 2.39. The fraction of sp³-hybridized carbons (Fsp3) is 0.333. The normalized spacial score (nSPS) is 20.7. The van der Waals surface area contributed by atoms with Gasteiger partial charge in [0.1, 0.15) is 5.02 Å². The lowest BCUT2D eigenvalue weighted by Gasteiger charge is -2.26. The monoisotopic (exact) mass is 333 g/mol. The van der Waals surface area contributed by atoms with E-state index in [1.165, 1.54) is 13.3 Å². The van der Waals surface area contributed by atoms with Crippen LogP contribution in [-0.4, -0.2) is 46.0 Å². The average Bonchev–Trinajstić information content (AvgIpc) is 2.84. The number of likely N-dealkylation sites (N-methyl/N-ethyl adjacent to an activating group) is 1. The summed E-state index contributed by atoms with van der Waals surface area (Å²) < 4.78 is 5.02. The van der Waals surface area contributed by atoms with Gasteiger partial charge in [-0.05, 0) is 11.6 Å². The fourth-order valence-corrected chi connectivity index (χ4v) is 2.88. The molecule has 0 bridgehead atoms. The van der Waals surface area contributed by atoms with E-state index in [0.717, 1.165) is 5.56 Å². The molecule has 1 amide bonds. The summed E-state index contributed by atoms with van der Waals surface area (Å²) >= 11 is 6.14. The molecule has 2 atom stereocenters. The van der Waals surface area contributed by atoms with Crippen molar-refractivity contribution in [3.05, 3.63) is 41.3 Å². The quantitative estimate of drug-likeness (QED) is 0.920. The van der Waals surface area contributed by atoms with Crippen molar-refractivity contribution in [2.75, 3.05) is 19.5 Å².